The molecule has 0 bridgehead atoms. The summed E-state index contributed by atoms with van der Waals surface area (Å²) in [5.41, 5.74) is 1.97. The molecule has 0 unspecified atom stereocenters. The van der Waals surface area contributed by atoms with Gasteiger partial charge in [0.1, 0.15) is 11.6 Å². The summed E-state index contributed by atoms with van der Waals surface area (Å²) in [4.78, 5) is 0. The minimum absolute atomic E-state index is 0.218. The topological polar surface area (TPSA) is 33.3 Å². The number of rotatable bonds is 6. The molecule has 0 atom stereocenters. The highest BCUT2D eigenvalue weighted by Gasteiger charge is 1.99. The summed E-state index contributed by atoms with van der Waals surface area (Å²) in [6, 6.07) is 14.1. The Labute approximate surface area is 135 Å². The van der Waals surface area contributed by atoms with E-state index in [1.54, 1.807) is 12.1 Å². The molecule has 0 aromatic heterocycles. The first kappa shape index (κ1) is 16.2. The van der Waals surface area contributed by atoms with E-state index in [0.29, 0.717) is 18.3 Å². The Morgan fingerprint density at radius 3 is 2.41 bits per heavy atom. The summed E-state index contributed by atoms with van der Waals surface area (Å²) in [5, 5.41) is 6.80. The number of benzene rings is 2. The molecule has 116 valence electrons. The number of hydrogen-bond acceptors (Lipinski definition) is 2. The molecule has 0 saturated carbocycles. The molecule has 0 saturated heterocycles. The van der Waals surface area contributed by atoms with Gasteiger partial charge in [0, 0.05) is 12.2 Å². The predicted molar refractivity (Wildman–Crippen MR) is 91.9 cm³/mol. The highest BCUT2D eigenvalue weighted by molar-refractivity contribution is 7.80. The van der Waals surface area contributed by atoms with E-state index in [1.807, 2.05) is 31.2 Å². The molecular weight excluding hydrogens is 299 g/mol. The van der Waals surface area contributed by atoms with Gasteiger partial charge < -0.3 is 15.4 Å². The Hall–Kier alpha value is -2.14. The van der Waals surface area contributed by atoms with Gasteiger partial charge in [-0.25, -0.2) is 4.39 Å². The monoisotopic (exact) mass is 318 g/mol. The van der Waals surface area contributed by atoms with Crippen molar-refractivity contribution in [3.8, 4) is 5.75 Å². The average molecular weight is 318 g/mol. The van der Waals surface area contributed by atoms with Crippen molar-refractivity contribution in [1.82, 2.24) is 5.32 Å². The zero-order chi connectivity index (χ0) is 15.8. The minimum Gasteiger partial charge on any atom is -0.494 e. The van der Waals surface area contributed by atoms with Gasteiger partial charge in [0.05, 0.1) is 6.61 Å². The molecule has 2 aromatic rings. The van der Waals surface area contributed by atoms with Gasteiger partial charge in [-0.15, -0.1) is 0 Å². The van der Waals surface area contributed by atoms with E-state index in [-0.39, 0.29) is 5.82 Å². The summed E-state index contributed by atoms with van der Waals surface area (Å²) < 4.78 is 18.2. The normalized spacial score (nSPS) is 10.1. The van der Waals surface area contributed by atoms with Gasteiger partial charge in [-0.3, -0.25) is 0 Å². The van der Waals surface area contributed by atoms with Gasteiger partial charge >= 0.3 is 0 Å². The fraction of sp³-hybridized carbons (Fsp3) is 0.235. The van der Waals surface area contributed by atoms with Crippen molar-refractivity contribution in [3.63, 3.8) is 0 Å². The van der Waals surface area contributed by atoms with Crippen LogP contribution in [0.2, 0.25) is 0 Å². The molecule has 2 rings (SSSR count). The van der Waals surface area contributed by atoms with E-state index in [4.69, 9.17) is 17.0 Å². The Balaban J connectivity index is 1.74. The predicted octanol–water partition coefficient (Wildman–Crippen LogP) is 3.75. The van der Waals surface area contributed by atoms with Crippen molar-refractivity contribution in [3.05, 3.63) is 59.9 Å². The Kier molecular flexibility index (Phi) is 6.15. The summed E-state index contributed by atoms with van der Waals surface area (Å²) >= 11 is 5.24. The van der Waals surface area contributed by atoms with E-state index in [2.05, 4.69) is 10.6 Å². The van der Waals surface area contributed by atoms with Crippen LogP contribution in [0, 0.1) is 5.82 Å². The molecule has 0 heterocycles. The van der Waals surface area contributed by atoms with Gasteiger partial charge in [0.2, 0.25) is 0 Å². The number of anilines is 1. The van der Waals surface area contributed by atoms with Gasteiger partial charge in [0.15, 0.2) is 5.11 Å². The number of halogens is 1. The number of thiocarbonyl (C=S) groups is 1. The zero-order valence-electron chi connectivity index (χ0n) is 12.4. The van der Waals surface area contributed by atoms with Crippen LogP contribution < -0.4 is 15.4 Å². The molecule has 3 nitrogen and oxygen atoms in total. The third kappa shape index (κ3) is 5.33. The maximum Gasteiger partial charge on any atom is 0.170 e. The molecule has 0 aliphatic carbocycles. The third-order valence-corrected chi connectivity index (χ3v) is 3.28. The smallest absolute Gasteiger partial charge is 0.170 e. The van der Waals surface area contributed by atoms with Crippen molar-refractivity contribution in [2.24, 2.45) is 0 Å². The summed E-state index contributed by atoms with van der Waals surface area (Å²) in [7, 11) is 0. The van der Waals surface area contributed by atoms with Crippen molar-refractivity contribution in [2.75, 3.05) is 18.5 Å². The van der Waals surface area contributed by atoms with E-state index in [1.165, 1.54) is 12.1 Å². The second-order valence-electron chi connectivity index (χ2n) is 4.71. The maximum absolute atomic E-state index is 12.8. The summed E-state index contributed by atoms with van der Waals surface area (Å²) in [5.74, 6) is 0.618. The minimum atomic E-state index is -0.218. The molecule has 2 aromatic carbocycles. The summed E-state index contributed by atoms with van der Waals surface area (Å²) in [6.07, 6.45) is 0.783. The first-order valence-electron chi connectivity index (χ1n) is 7.19. The lowest BCUT2D eigenvalue weighted by Crippen LogP contribution is -2.30. The fourth-order valence-corrected chi connectivity index (χ4v) is 2.17. The van der Waals surface area contributed by atoms with Crippen LogP contribution in [-0.4, -0.2) is 18.3 Å². The molecule has 0 fully saturated rings. The van der Waals surface area contributed by atoms with E-state index >= 15 is 0 Å². The van der Waals surface area contributed by atoms with Crippen LogP contribution in [0.1, 0.15) is 12.5 Å². The lowest BCUT2D eigenvalue weighted by atomic mass is 10.1. The quantitative estimate of drug-likeness (QED) is 0.795. The first-order chi connectivity index (χ1) is 10.7. The second-order valence-corrected chi connectivity index (χ2v) is 5.12. The second kappa shape index (κ2) is 8.34. The van der Waals surface area contributed by atoms with E-state index < -0.39 is 0 Å². The first-order valence-corrected chi connectivity index (χ1v) is 7.60. The fourth-order valence-electron chi connectivity index (χ4n) is 1.95. The van der Waals surface area contributed by atoms with Crippen LogP contribution in [0.15, 0.2) is 48.5 Å². The van der Waals surface area contributed by atoms with Crippen LogP contribution in [0.5, 0.6) is 5.75 Å². The number of hydrogen-bond donors (Lipinski definition) is 2. The molecule has 0 amide bonds. The highest BCUT2D eigenvalue weighted by atomic mass is 32.1. The molecule has 22 heavy (non-hydrogen) atoms. The van der Waals surface area contributed by atoms with Crippen molar-refractivity contribution >= 4 is 23.0 Å². The molecule has 0 radical (unpaired) electrons. The average Bonchev–Trinajstić information content (AvgIpc) is 2.51. The number of ether oxygens (including phenoxy) is 1. The maximum atomic E-state index is 12.8. The van der Waals surface area contributed by atoms with Crippen LogP contribution in [0.25, 0.3) is 0 Å². The Bertz CT molecular complexity index is 599. The lowest BCUT2D eigenvalue weighted by Gasteiger charge is -2.11. The van der Waals surface area contributed by atoms with Crippen molar-refractivity contribution in [1.29, 1.82) is 0 Å². The van der Waals surface area contributed by atoms with Gasteiger partial charge in [-0.05, 0) is 67.5 Å². The van der Waals surface area contributed by atoms with E-state index in [0.717, 1.165) is 23.4 Å². The largest absolute Gasteiger partial charge is 0.494 e. The lowest BCUT2D eigenvalue weighted by molar-refractivity contribution is 0.340. The van der Waals surface area contributed by atoms with Crippen molar-refractivity contribution in [2.45, 2.75) is 13.3 Å². The van der Waals surface area contributed by atoms with E-state index in [9.17, 15) is 4.39 Å². The number of nitrogens with one attached hydrogen (secondary N) is 2. The zero-order valence-corrected chi connectivity index (χ0v) is 13.3. The standard InChI is InChI=1S/C17H19FN2OS/c1-2-21-16-9-7-15(8-10-16)20-17(22)19-12-11-13-3-5-14(18)6-4-13/h3-10H,2,11-12H2,1H3,(H2,19,20,22). The van der Waals surface area contributed by atoms with Gasteiger partial charge in [-0.2, -0.15) is 0 Å². The van der Waals surface area contributed by atoms with Gasteiger partial charge in [0.25, 0.3) is 0 Å². The third-order valence-electron chi connectivity index (χ3n) is 3.04. The van der Waals surface area contributed by atoms with Crippen LogP contribution in [0.3, 0.4) is 0 Å². The molecule has 5 heteroatoms. The van der Waals surface area contributed by atoms with Gasteiger partial charge in [-0.1, -0.05) is 12.1 Å². The van der Waals surface area contributed by atoms with Crippen LogP contribution in [-0.2, 0) is 6.42 Å². The SMILES string of the molecule is CCOc1ccc(NC(=S)NCCc2ccc(F)cc2)cc1. The molecule has 0 spiro atoms. The van der Waals surface area contributed by atoms with Crippen LogP contribution >= 0.6 is 12.2 Å². The highest BCUT2D eigenvalue weighted by Crippen LogP contribution is 2.15. The van der Waals surface area contributed by atoms with Crippen molar-refractivity contribution < 1.29 is 9.13 Å². The molecule has 0 aliphatic heterocycles. The molecule has 0 aliphatic rings. The van der Waals surface area contributed by atoms with Crippen LogP contribution in [0.4, 0.5) is 10.1 Å². The summed E-state index contributed by atoms with van der Waals surface area (Å²) in [6.45, 7) is 3.29. The Morgan fingerprint density at radius 1 is 1.09 bits per heavy atom. The molecular formula is C17H19FN2OS. The molecule has 2 N–H and O–H groups in total. The Morgan fingerprint density at radius 2 is 1.77 bits per heavy atom.